The molecule has 0 spiro atoms. The zero-order valence-corrected chi connectivity index (χ0v) is 15.6. The van der Waals surface area contributed by atoms with Crippen molar-refractivity contribution >= 4 is 5.96 Å². The van der Waals surface area contributed by atoms with Crippen molar-refractivity contribution in [3.05, 3.63) is 66.0 Å². The van der Waals surface area contributed by atoms with Gasteiger partial charge in [0.2, 0.25) is 0 Å². The topological polar surface area (TPSA) is 48.9 Å². The summed E-state index contributed by atoms with van der Waals surface area (Å²) in [6.07, 6.45) is 0. The Hall–Kier alpha value is -2.60. The number of guanidine groups is 1. The molecule has 0 aliphatic rings. The summed E-state index contributed by atoms with van der Waals surface area (Å²) in [7, 11) is 5.67. The predicted octanol–water partition coefficient (Wildman–Crippen LogP) is 2.67. The number of halogens is 1. The Kier molecular flexibility index (Phi) is 7.89. The number of aliphatic imine (C=N–C) groups is 1. The maximum absolute atomic E-state index is 13.5. The third kappa shape index (κ3) is 6.37. The Bertz CT molecular complexity index is 691. The average molecular weight is 358 g/mol. The van der Waals surface area contributed by atoms with Crippen LogP contribution in [0.1, 0.15) is 11.6 Å². The van der Waals surface area contributed by atoms with E-state index < -0.39 is 0 Å². The van der Waals surface area contributed by atoms with Gasteiger partial charge < -0.3 is 20.3 Å². The molecule has 2 aromatic carbocycles. The molecule has 0 radical (unpaired) electrons. The van der Waals surface area contributed by atoms with Gasteiger partial charge in [0.05, 0.1) is 12.6 Å². The molecule has 26 heavy (non-hydrogen) atoms. The molecule has 2 rings (SSSR count). The van der Waals surface area contributed by atoms with E-state index in [-0.39, 0.29) is 11.9 Å². The maximum atomic E-state index is 13.5. The third-order valence-electron chi connectivity index (χ3n) is 3.95. The Labute approximate surface area is 154 Å². The number of nitrogens with zero attached hydrogens (tertiary/aromatic N) is 2. The van der Waals surface area contributed by atoms with Crippen LogP contribution in [0.2, 0.25) is 0 Å². The Morgan fingerprint density at radius 3 is 2.54 bits per heavy atom. The quantitative estimate of drug-likeness (QED) is 0.433. The summed E-state index contributed by atoms with van der Waals surface area (Å²) in [6.45, 7) is 1.77. The smallest absolute Gasteiger partial charge is 0.191 e. The number of rotatable bonds is 8. The lowest BCUT2D eigenvalue weighted by Crippen LogP contribution is -2.43. The maximum Gasteiger partial charge on any atom is 0.191 e. The van der Waals surface area contributed by atoms with Gasteiger partial charge in [0.15, 0.2) is 5.96 Å². The number of ether oxygens (including phenoxy) is 1. The normalized spacial score (nSPS) is 12.7. The number of benzene rings is 2. The van der Waals surface area contributed by atoms with E-state index in [1.165, 1.54) is 6.07 Å². The van der Waals surface area contributed by atoms with Gasteiger partial charge in [0, 0.05) is 13.6 Å². The highest BCUT2D eigenvalue weighted by Crippen LogP contribution is 2.18. The second kappa shape index (κ2) is 10.4. The minimum Gasteiger partial charge on any atom is -0.492 e. The highest BCUT2D eigenvalue weighted by Gasteiger charge is 2.15. The Morgan fingerprint density at radius 2 is 1.88 bits per heavy atom. The zero-order valence-electron chi connectivity index (χ0n) is 15.6. The number of likely N-dealkylation sites (N-methyl/N-ethyl adjacent to an activating group) is 1. The van der Waals surface area contributed by atoms with Gasteiger partial charge in [-0.2, -0.15) is 0 Å². The van der Waals surface area contributed by atoms with Crippen molar-refractivity contribution in [2.24, 2.45) is 4.99 Å². The first-order valence-corrected chi connectivity index (χ1v) is 8.64. The van der Waals surface area contributed by atoms with E-state index in [9.17, 15) is 4.39 Å². The van der Waals surface area contributed by atoms with Crippen molar-refractivity contribution < 1.29 is 9.13 Å². The molecule has 0 heterocycles. The molecule has 2 N–H and O–H groups in total. The first-order valence-electron chi connectivity index (χ1n) is 8.64. The number of nitrogens with one attached hydrogen (secondary N) is 2. The van der Waals surface area contributed by atoms with Crippen LogP contribution in [0.25, 0.3) is 0 Å². The third-order valence-corrected chi connectivity index (χ3v) is 3.95. The highest BCUT2D eigenvalue weighted by atomic mass is 19.1. The van der Waals surface area contributed by atoms with Gasteiger partial charge in [-0.15, -0.1) is 0 Å². The van der Waals surface area contributed by atoms with E-state index >= 15 is 0 Å². The molecule has 1 atom stereocenters. The van der Waals surface area contributed by atoms with E-state index in [4.69, 9.17) is 4.74 Å². The van der Waals surface area contributed by atoms with Crippen LogP contribution in [0, 0.1) is 5.82 Å². The summed E-state index contributed by atoms with van der Waals surface area (Å²) in [6, 6.07) is 16.4. The number of hydrogen-bond acceptors (Lipinski definition) is 3. The molecule has 6 heteroatoms. The molecule has 0 aromatic heterocycles. The molecule has 0 saturated heterocycles. The first kappa shape index (κ1) is 19.7. The predicted molar refractivity (Wildman–Crippen MR) is 104 cm³/mol. The van der Waals surface area contributed by atoms with Gasteiger partial charge in [0.25, 0.3) is 0 Å². The molecular formula is C20H27FN4O. The second-order valence-electron chi connectivity index (χ2n) is 6.08. The molecule has 0 aliphatic heterocycles. The van der Waals surface area contributed by atoms with Gasteiger partial charge in [-0.05, 0) is 43.9 Å². The van der Waals surface area contributed by atoms with E-state index in [0.717, 1.165) is 11.3 Å². The molecule has 0 bridgehead atoms. The SMILES string of the molecule is CN=C(NCCOc1ccccc1)NCC(c1cccc(F)c1)N(C)C. The van der Waals surface area contributed by atoms with Crippen molar-refractivity contribution in [3.63, 3.8) is 0 Å². The van der Waals surface area contributed by atoms with E-state index in [0.29, 0.717) is 25.7 Å². The second-order valence-corrected chi connectivity index (χ2v) is 6.08. The minimum atomic E-state index is -0.227. The molecule has 5 nitrogen and oxygen atoms in total. The first-order chi connectivity index (χ1) is 12.6. The van der Waals surface area contributed by atoms with Crippen LogP contribution in [-0.2, 0) is 0 Å². The van der Waals surface area contributed by atoms with Crippen LogP contribution in [0.4, 0.5) is 4.39 Å². The fourth-order valence-electron chi connectivity index (χ4n) is 2.58. The summed E-state index contributed by atoms with van der Waals surface area (Å²) in [5, 5.41) is 6.50. The highest BCUT2D eigenvalue weighted by molar-refractivity contribution is 5.79. The largest absolute Gasteiger partial charge is 0.492 e. The van der Waals surface area contributed by atoms with Crippen LogP contribution in [-0.4, -0.2) is 51.7 Å². The van der Waals surface area contributed by atoms with Crippen molar-refractivity contribution in [3.8, 4) is 5.75 Å². The molecule has 0 aliphatic carbocycles. The van der Waals surface area contributed by atoms with Crippen molar-refractivity contribution in [2.75, 3.05) is 40.8 Å². The molecule has 0 saturated carbocycles. The summed E-state index contributed by atoms with van der Waals surface area (Å²) >= 11 is 0. The minimum absolute atomic E-state index is 0.0322. The summed E-state index contributed by atoms with van der Waals surface area (Å²) in [5.41, 5.74) is 0.922. The van der Waals surface area contributed by atoms with Gasteiger partial charge in [0.1, 0.15) is 18.2 Å². The number of hydrogen-bond donors (Lipinski definition) is 2. The van der Waals surface area contributed by atoms with Crippen molar-refractivity contribution in [1.29, 1.82) is 0 Å². The molecule has 2 aromatic rings. The molecule has 0 amide bonds. The number of para-hydroxylation sites is 1. The fraction of sp³-hybridized carbons (Fsp3) is 0.350. The van der Waals surface area contributed by atoms with Crippen LogP contribution in [0.3, 0.4) is 0 Å². The van der Waals surface area contributed by atoms with Crippen LogP contribution < -0.4 is 15.4 Å². The van der Waals surface area contributed by atoms with Gasteiger partial charge in [-0.1, -0.05) is 30.3 Å². The summed E-state index contributed by atoms with van der Waals surface area (Å²) in [5.74, 6) is 1.30. The van der Waals surface area contributed by atoms with Gasteiger partial charge in [-0.3, -0.25) is 4.99 Å². The van der Waals surface area contributed by atoms with E-state index in [1.54, 1.807) is 19.2 Å². The lowest BCUT2D eigenvalue weighted by atomic mass is 10.1. The molecular weight excluding hydrogens is 331 g/mol. The molecule has 0 fully saturated rings. The van der Waals surface area contributed by atoms with E-state index in [1.807, 2.05) is 55.4 Å². The Balaban J connectivity index is 1.80. The van der Waals surface area contributed by atoms with Crippen LogP contribution >= 0.6 is 0 Å². The summed E-state index contributed by atoms with van der Waals surface area (Å²) < 4.78 is 19.2. The standard InChI is InChI=1S/C20H27FN4O/c1-22-20(23-12-13-26-18-10-5-4-6-11-18)24-15-19(25(2)3)16-8-7-9-17(21)14-16/h4-11,14,19H,12-13,15H2,1-3H3,(H2,22,23,24). The fourth-order valence-corrected chi connectivity index (χ4v) is 2.58. The molecule has 140 valence electrons. The van der Waals surface area contributed by atoms with Gasteiger partial charge in [-0.25, -0.2) is 4.39 Å². The van der Waals surface area contributed by atoms with Crippen LogP contribution in [0.5, 0.6) is 5.75 Å². The van der Waals surface area contributed by atoms with Crippen molar-refractivity contribution in [2.45, 2.75) is 6.04 Å². The lowest BCUT2D eigenvalue weighted by Gasteiger charge is -2.26. The summed E-state index contributed by atoms with van der Waals surface area (Å²) in [4.78, 5) is 6.27. The molecule has 1 unspecified atom stereocenters. The van der Waals surface area contributed by atoms with Crippen LogP contribution in [0.15, 0.2) is 59.6 Å². The zero-order chi connectivity index (χ0) is 18.8. The Morgan fingerprint density at radius 1 is 1.12 bits per heavy atom. The lowest BCUT2D eigenvalue weighted by molar-refractivity contribution is 0.296. The van der Waals surface area contributed by atoms with Gasteiger partial charge >= 0.3 is 0 Å². The van der Waals surface area contributed by atoms with Crippen molar-refractivity contribution in [1.82, 2.24) is 15.5 Å². The van der Waals surface area contributed by atoms with E-state index in [2.05, 4.69) is 15.6 Å². The average Bonchev–Trinajstić information content (AvgIpc) is 2.64. The monoisotopic (exact) mass is 358 g/mol.